The summed E-state index contributed by atoms with van der Waals surface area (Å²) in [5.74, 6) is 1.45. The van der Waals surface area contributed by atoms with Gasteiger partial charge >= 0.3 is 0 Å². The van der Waals surface area contributed by atoms with Crippen LogP contribution in [-0.4, -0.2) is 22.6 Å². The van der Waals surface area contributed by atoms with Gasteiger partial charge in [-0.15, -0.1) is 0 Å². The van der Waals surface area contributed by atoms with Gasteiger partial charge in [0.05, 0.1) is 6.33 Å². The van der Waals surface area contributed by atoms with Gasteiger partial charge in [0.1, 0.15) is 0 Å². The van der Waals surface area contributed by atoms with Crippen LogP contribution in [-0.2, 0) is 0 Å². The van der Waals surface area contributed by atoms with Crippen molar-refractivity contribution in [3.8, 4) is 0 Å². The Kier molecular flexibility index (Phi) is 4.21. The largest absolute Gasteiger partial charge is 0.332 e. The molecule has 1 fully saturated rings. The topological polar surface area (TPSA) is 29.9 Å². The van der Waals surface area contributed by atoms with Crippen LogP contribution in [0.5, 0.6) is 0 Å². The van der Waals surface area contributed by atoms with E-state index in [0.29, 0.717) is 12.0 Å². The molecule has 3 heteroatoms. The summed E-state index contributed by atoms with van der Waals surface area (Å²) >= 11 is 0. The summed E-state index contributed by atoms with van der Waals surface area (Å²) < 4.78 is 2.40. The second-order valence-electron chi connectivity index (χ2n) is 5.73. The molecule has 0 aromatic carbocycles. The van der Waals surface area contributed by atoms with E-state index >= 15 is 0 Å². The number of imidazole rings is 1. The van der Waals surface area contributed by atoms with Crippen LogP contribution in [0.15, 0.2) is 12.5 Å². The van der Waals surface area contributed by atoms with E-state index in [1.165, 1.54) is 25.0 Å². The Morgan fingerprint density at radius 3 is 2.71 bits per heavy atom. The minimum absolute atomic E-state index is 0.572. The van der Waals surface area contributed by atoms with Gasteiger partial charge in [-0.2, -0.15) is 0 Å². The van der Waals surface area contributed by atoms with Crippen LogP contribution in [0.3, 0.4) is 0 Å². The van der Waals surface area contributed by atoms with E-state index in [4.69, 9.17) is 0 Å². The van der Waals surface area contributed by atoms with E-state index in [-0.39, 0.29) is 0 Å². The first-order valence-electron chi connectivity index (χ1n) is 6.91. The monoisotopic (exact) mass is 235 g/mol. The van der Waals surface area contributed by atoms with Crippen molar-refractivity contribution < 1.29 is 0 Å². The molecule has 96 valence electrons. The first-order valence-corrected chi connectivity index (χ1v) is 6.91. The molecule has 0 saturated carbocycles. The Labute approximate surface area is 105 Å². The zero-order valence-corrected chi connectivity index (χ0v) is 11.3. The molecular weight excluding hydrogens is 210 g/mol. The zero-order valence-electron chi connectivity index (χ0n) is 11.3. The van der Waals surface area contributed by atoms with Gasteiger partial charge in [0.15, 0.2) is 0 Å². The Bertz CT molecular complexity index is 337. The van der Waals surface area contributed by atoms with Crippen LogP contribution < -0.4 is 5.32 Å². The summed E-state index contributed by atoms with van der Waals surface area (Å²) in [5, 5.41) is 3.43. The van der Waals surface area contributed by atoms with Crippen molar-refractivity contribution in [1.82, 2.24) is 14.9 Å². The van der Waals surface area contributed by atoms with Crippen LogP contribution in [0.1, 0.15) is 57.7 Å². The number of aromatic nitrogens is 2. The number of nitrogens with one attached hydrogen (secondary N) is 1. The fraction of sp³-hybridized carbons (Fsp3) is 0.786. The van der Waals surface area contributed by atoms with E-state index < -0.39 is 0 Å². The maximum absolute atomic E-state index is 4.37. The quantitative estimate of drug-likeness (QED) is 0.869. The third kappa shape index (κ3) is 3.09. The van der Waals surface area contributed by atoms with E-state index in [2.05, 4.69) is 41.8 Å². The number of hydrogen-bond acceptors (Lipinski definition) is 2. The maximum atomic E-state index is 4.37. The number of piperidine rings is 1. The van der Waals surface area contributed by atoms with Crippen molar-refractivity contribution in [3.05, 3.63) is 18.2 Å². The van der Waals surface area contributed by atoms with Gasteiger partial charge in [0.2, 0.25) is 0 Å². The summed E-state index contributed by atoms with van der Waals surface area (Å²) in [4.78, 5) is 4.37. The SMILES string of the molecule is CC(C)CC(C)n1cncc1C1CCNCC1. The molecule has 1 unspecified atom stereocenters. The van der Waals surface area contributed by atoms with Crippen LogP contribution in [0.25, 0.3) is 0 Å². The van der Waals surface area contributed by atoms with Crippen molar-refractivity contribution in [2.75, 3.05) is 13.1 Å². The Balaban J connectivity index is 2.09. The molecule has 0 aliphatic carbocycles. The van der Waals surface area contributed by atoms with Crippen molar-refractivity contribution in [1.29, 1.82) is 0 Å². The third-order valence-electron chi connectivity index (χ3n) is 3.74. The highest BCUT2D eigenvalue weighted by Crippen LogP contribution is 2.28. The Morgan fingerprint density at radius 2 is 2.06 bits per heavy atom. The van der Waals surface area contributed by atoms with Crippen LogP contribution in [0.4, 0.5) is 0 Å². The lowest BCUT2D eigenvalue weighted by Crippen LogP contribution is -2.28. The molecule has 1 aliphatic rings. The lowest BCUT2D eigenvalue weighted by Gasteiger charge is -2.26. The lowest BCUT2D eigenvalue weighted by molar-refractivity contribution is 0.387. The second kappa shape index (κ2) is 5.67. The maximum Gasteiger partial charge on any atom is 0.0950 e. The summed E-state index contributed by atoms with van der Waals surface area (Å²) in [6.45, 7) is 9.18. The number of nitrogens with zero attached hydrogens (tertiary/aromatic N) is 2. The second-order valence-corrected chi connectivity index (χ2v) is 5.73. The highest BCUT2D eigenvalue weighted by atomic mass is 15.1. The molecule has 1 atom stereocenters. The third-order valence-corrected chi connectivity index (χ3v) is 3.74. The minimum Gasteiger partial charge on any atom is -0.332 e. The fourth-order valence-electron chi connectivity index (χ4n) is 2.91. The van der Waals surface area contributed by atoms with Gasteiger partial charge in [-0.3, -0.25) is 0 Å². The van der Waals surface area contributed by atoms with E-state index in [1.807, 2.05) is 6.33 Å². The predicted molar refractivity (Wildman–Crippen MR) is 71.2 cm³/mol. The van der Waals surface area contributed by atoms with Crippen molar-refractivity contribution >= 4 is 0 Å². The Hall–Kier alpha value is -0.830. The van der Waals surface area contributed by atoms with Gasteiger partial charge in [-0.05, 0) is 45.2 Å². The number of rotatable bonds is 4. The molecule has 2 heterocycles. The summed E-state index contributed by atoms with van der Waals surface area (Å²) in [5.41, 5.74) is 1.44. The first-order chi connectivity index (χ1) is 8.18. The number of hydrogen-bond donors (Lipinski definition) is 1. The smallest absolute Gasteiger partial charge is 0.0950 e. The molecule has 3 nitrogen and oxygen atoms in total. The zero-order chi connectivity index (χ0) is 12.3. The van der Waals surface area contributed by atoms with Crippen LogP contribution in [0.2, 0.25) is 0 Å². The molecule has 0 amide bonds. The molecule has 0 bridgehead atoms. The van der Waals surface area contributed by atoms with E-state index in [1.54, 1.807) is 0 Å². The molecule has 1 aromatic rings. The highest BCUT2D eigenvalue weighted by Gasteiger charge is 2.20. The molecule has 0 radical (unpaired) electrons. The van der Waals surface area contributed by atoms with Gasteiger partial charge < -0.3 is 9.88 Å². The van der Waals surface area contributed by atoms with Crippen molar-refractivity contribution in [3.63, 3.8) is 0 Å². The molecule has 1 N–H and O–H groups in total. The molecular formula is C14H25N3. The average molecular weight is 235 g/mol. The molecule has 1 aliphatic heterocycles. The van der Waals surface area contributed by atoms with Gasteiger partial charge in [-0.25, -0.2) is 4.98 Å². The molecule has 17 heavy (non-hydrogen) atoms. The lowest BCUT2D eigenvalue weighted by atomic mass is 9.94. The van der Waals surface area contributed by atoms with Crippen LogP contribution in [0, 0.1) is 5.92 Å². The standard InChI is InChI=1S/C14H25N3/c1-11(2)8-12(3)17-10-16-9-14(17)13-4-6-15-7-5-13/h9-13,15H,4-8H2,1-3H3. The fourth-order valence-corrected chi connectivity index (χ4v) is 2.91. The molecule has 2 rings (SSSR count). The predicted octanol–water partition coefficient (Wildman–Crippen LogP) is 2.96. The molecule has 0 spiro atoms. The van der Waals surface area contributed by atoms with Gasteiger partial charge in [0, 0.05) is 23.9 Å². The van der Waals surface area contributed by atoms with Gasteiger partial charge in [-0.1, -0.05) is 13.8 Å². The van der Waals surface area contributed by atoms with E-state index in [9.17, 15) is 0 Å². The Morgan fingerprint density at radius 1 is 1.35 bits per heavy atom. The average Bonchev–Trinajstić information content (AvgIpc) is 2.78. The summed E-state index contributed by atoms with van der Waals surface area (Å²) in [7, 11) is 0. The van der Waals surface area contributed by atoms with Crippen molar-refractivity contribution in [2.45, 2.75) is 52.0 Å². The highest BCUT2D eigenvalue weighted by molar-refractivity contribution is 5.09. The van der Waals surface area contributed by atoms with E-state index in [0.717, 1.165) is 19.0 Å². The molecule has 1 saturated heterocycles. The van der Waals surface area contributed by atoms with Gasteiger partial charge in [0.25, 0.3) is 0 Å². The summed E-state index contributed by atoms with van der Waals surface area (Å²) in [6.07, 6.45) is 7.83. The van der Waals surface area contributed by atoms with Crippen LogP contribution >= 0.6 is 0 Å². The minimum atomic E-state index is 0.572. The van der Waals surface area contributed by atoms with Crippen molar-refractivity contribution in [2.24, 2.45) is 5.92 Å². The summed E-state index contributed by atoms with van der Waals surface area (Å²) in [6, 6.07) is 0.572. The normalized spacial score (nSPS) is 19.8. The molecule has 1 aromatic heterocycles. The first kappa shape index (κ1) is 12.6.